The molecule has 10 rings (SSSR count). The number of hydrogen-bond acceptors (Lipinski definition) is 19. The normalized spacial score (nSPS) is 50.8. The second-order valence-electron chi connectivity index (χ2n) is 28.2. The Kier molecular flexibility index (Phi) is 20.1. The highest BCUT2D eigenvalue weighted by Crippen LogP contribution is 2.61. The molecule has 488 valence electrons. The van der Waals surface area contributed by atoms with Gasteiger partial charge in [0.1, 0.15) is 23.5 Å². The molecule has 20 nitrogen and oxygen atoms in total. The smallest absolute Gasteiger partial charge is 0.346 e. The fraction of sp³-hybridized carbons (Fsp3) is 0.806. The number of rotatable bonds is 12. The Hall–Kier alpha value is -3.45. The van der Waals surface area contributed by atoms with Crippen molar-refractivity contribution in [2.75, 3.05) is 0 Å². The minimum Gasteiger partial charge on any atom is -0.511 e. The van der Waals surface area contributed by atoms with E-state index in [1.54, 1.807) is 20.8 Å². The maximum absolute atomic E-state index is 15.6. The van der Waals surface area contributed by atoms with Gasteiger partial charge in [0.05, 0.1) is 78.8 Å². The molecule has 6 aliphatic heterocycles. The van der Waals surface area contributed by atoms with Crippen LogP contribution in [0.25, 0.3) is 0 Å². The number of aliphatic hydroxyl groups excluding tert-OH is 4. The molecule has 0 aromatic rings. The number of allylic oxidation sites excluding steroid dienone is 4. The number of ether oxygens (including phenoxy) is 11. The second kappa shape index (κ2) is 26.3. The third kappa shape index (κ3) is 13.2. The summed E-state index contributed by atoms with van der Waals surface area (Å²) in [7, 11) is 0. The largest absolute Gasteiger partial charge is 0.511 e. The maximum atomic E-state index is 15.6. The third-order valence-electron chi connectivity index (χ3n) is 21.5. The number of Topliss-reactive ketones (excluding diaryl/α,β-unsaturated/α-hetero) is 1. The summed E-state index contributed by atoms with van der Waals surface area (Å²) in [4.78, 5) is 42.6. The van der Waals surface area contributed by atoms with E-state index < -0.39 is 145 Å². The molecule has 6 saturated heterocycles. The average Bonchev–Trinajstić information content (AvgIpc) is 1.71. The van der Waals surface area contributed by atoms with Crippen LogP contribution in [-0.4, -0.2) is 171 Å². The molecule has 0 aromatic carbocycles. The van der Waals surface area contributed by atoms with Crippen molar-refractivity contribution >= 4 is 17.7 Å². The van der Waals surface area contributed by atoms with Gasteiger partial charge in [-0.25, -0.2) is 4.79 Å². The molecule has 4 aliphatic carbocycles. The monoisotopic (exact) mass is 1220 g/mol. The number of carbonyl (C=O) groups excluding carboxylic acids is 3. The molecule has 1 amide bonds. The lowest BCUT2D eigenvalue weighted by Crippen LogP contribution is -2.62. The van der Waals surface area contributed by atoms with Crippen molar-refractivity contribution in [3.05, 3.63) is 58.9 Å². The zero-order valence-electron chi connectivity index (χ0n) is 53.6. The first kappa shape index (κ1) is 66.5. The number of ketones is 1. The van der Waals surface area contributed by atoms with Gasteiger partial charge in [-0.1, -0.05) is 76.6 Å². The predicted molar refractivity (Wildman–Crippen MR) is 316 cm³/mol. The van der Waals surface area contributed by atoms with Gasteiger partial charge in [0.2, 0.25) is 11.7 Å². The first-order valence-electron chi connectivity index (χ1n) is 32.6. The van der Waals surface area contributed by atoms with Crippen LogP contribution in [0.1, 0.15) is 161 Å². The first-order valence-corrected chi connectivity index (χ1v) is 32.6. The maximum Gasteiger partial charge on any atom is 0.346 e. The van der Waals surface area contributed by atoms with Crippen LogP contribution < -0.4 is 5.32 Å². The summed E-state index contributed by atoms with van der Waals surface area (Å²) in [6.07, 6.45) is 5.05. The van der Waals surface area contributed by atoms with Crippen molar-refractivity contribution in [1.29, 1.82) is 0 Å². The van der Waals surface area contributed by atoms with Crippen LogP contribution >= 0.6 is 0 Å². The number of amides is 1. The van der Waals surface area contributed by atoms with E-state index in [2.05, 4.69) is 50.4 Å². The molecule has 0 radical (unpaired) electrons. The third-order valence-corrected chi connectivity index (χ3v) is 21.5. The van der Waals surface area contributed by atoms with E-state index in [-0.39, 0.29) is 90.6 Å². The van der Waals surface area contributed by atoms with Gasteiger partial charge in [0, 0.05) is 74.5 Å². The van der Waals surface area contributed by atoms with Gasteiger partial charge in [0.15, 0.2) is 37.1 Å². The molecule has 2 bridgehead atoms. The first-order chi connectivity index (χ1) is 41.0. The zero-order chi connectivity index (χ0) is 62.9. The molecule has 6 N–H and O–H groups in total. The Morgan fingerprint density at radius 3 is 1.98 bits per heavy atom. The fourth-order valence-electron chi connectivity index (χ4n) is 17.0. The van der Waals surface area contributed by atoms with Gasteiger partial charge in [-0.3, -0.25) is 9.59 Å². The van der Waals surface area contributed by atoms with E-state index in [1.165, 1.54) is 6.92 Å². The molecule has 1 spiro atoms. The van der Waals surface area contributed by atoms with Crippen molar-refractivity contribution in [3.8, 4) is 0 Å². The molecule has 1 saturated carbocycles. The van der Waals surface area contributed by atoms with Crippen molar-refractivity contribution in [1.82, 2.24) is 5.32 Å². The lowest BCUT2D eigenvalue weighted by molar-refractivity contribution is -0.346. The highest BCUT2D eigenvalue weighted by atomic mass is 16.8. The Bertz CT molecular complexity index is 2640. The standard InChI is InChI=1S/C67H101NO19/c1-15-42-16-17-43-26-35(6)58(86-54-30-65(13,76)61(40(11)81-54)68-41(12)69)33(4)24-31(2)45-19-18-44-56(66(45,14)62(73)55-63(74)67(43,29-42)87-64(55)75)32(3)25-34(5)59(44)84-51-23-21-48(37(8)78-51)82-53-28-49(83-50-22-20-46(70)36(7)77-50)60(39(10)80-53)85-52-27-47(71)57(72)38(9)79-52/h16-19,24,26,32-34,36-40,42-54,56-61,70-73,76H,15,20-23,25,27-30H2,1-14H3,(H,68,69)/b31-24+,35-26+,62-55?. The van der Waals surface area contributed by atoms with Crippen molar-refractivity contribution in [2.45, 2.75) is 289 Å². The van der Waals surface area contributed by atoms with Crippen LogP contribution in [0.4, 0.5) is 0 Å². The lowest BCUT2D eigenvalue weighted by atomic mass is 9.49. The number of hydrogen-bond donors (Lipinski definition) is 6. The molecule has 30 atom stereocenters. The summed E-state index contributed by atoms with van der Waals surface area (Å²) >= 11 is 0. The summed E-state index contributed by atoms with van der Waals surface area (Å²) in [5.74, 6) is -4.07. The Balaban J connectivity index is 0.903. The van der Waals surface area contributed by atoms with Gasteiger partial charge in [-0.05, 0) is 110 Å². The molecule has 20 heteroatoms. The summed E-state index contributed by atoms with van der Waals surface area (Å²) in [5.41, 5.74) is -2.83. The van der Waals surface area contributed by atoms with Crippen molar-refractivity contribution < 1.29 is 92.0 Å². The van der Waals surface area contributed by atoms with Crippen molar-refractivity contribution in [2.24, 2.45) is 52.8 Å². The van der Waals surface area contributed by atoms with Crippen LogP contribution in [0.3, 0.4) is 0 Å². The molecule has 10 aliphatic rings. The molecule has 0 aromatic heterocycles. The zero-order valence-corrected chi connectivity index (χ0v) is 53.6. The van der Waals surface area contributed by atoms with E-state index in [0.29, 0.717) is 32.1 Å². The summed E-state index contributed by atoms with van der Waals surface area (Å²) < 4.78 is 72.3. The minimum atomic E-state index is -1.63. The Labute approximate surface area is 514 Å². The van der Waals surface area contributed by atoms with Crippen LogP contribution in [0, 0.1) is 52.8 Å². The Morgan fingerprint density at radius 1 is 0.655 bits per heavy atom. The molecule has 87 heavy (non-hydrogen) atoms. The quantitative estimate of drug-likeness (QED) is 0.0623. The Morgan fingerprint density at radius 2 is 1.30 bits per heavy atom. The minimum absolute atomic E-state index is 0.0144. The number of esters is 1. The van der Waals surface area contributed by atoms with E-state index in [4.69, 9.17) is 52.1 Å². The SMILES string of the molecule is CCC1C=CC2/C=C(\C)C(OC3CC(C)(O)C(NC(C)=O)C(C)O3)C(C)/C=C(\C)C3C=CC4C(OC5CCC(OC6CC(OC7CCC(O)C(C)O7)C(OC7CC(O)C(O)C(C)O7)C(C)O6)C(C)O5)C(C)CC(C)C4C3(C)C(O)=C3C(=O)OC2(C1)C3=O. The lowest BCUT2D eigenvalue weighted by Gasteiger charge is -2.56. The average molecular weight is 1220 g/mol. The van der Waals surface area contributed by atoms with E-state index in [9.17, 15) is 35.1 Å². The summed E-state index contributed by atoms with van der Waals surface area (Å²) in [6, 6.07) is -0.672. The molecule has 6 heterocycles. The molecular weight excluding hydrogens is 1120 g/mol. The molecular formula is C67H101NO19. The molecule has 30 unspecified atom stereocenters. The van der Waals surface area contributed by atoms with Crippen molar-refractivity contribution in [3.63, 3.8) is 0 Å². The number of nitrogens with one attached hydrogen (secondary N) is 1. The van der Waals surface area contributed by atoms with Gasteiger partial charge in [0.25, 0.3) is 0 Å². The molecule has 7 fully saturated rings. The van der Waals surface area contributed by atoms with Crippen LogP contribution in [0.5, 0.6) is 0 Å². The van der Waals surface area contributed by atoms with Crippen LogP contribution in [0.15, 0.2) is 58.9 Å². The number of fused-ring (bicyclic) bond motifs is 4. The van der Waals surface area contributed by atoms with E-state index in [0.717, 1.165) is 17.6 Å². The summed E-state index contributed by atoms with van der Waals surface area (Å²) in [5, 5.41) is 59.4. The van der Waals surface area contributed by atoms with Gasteiger partial charge >= 0.3 is 5.97 Å². The van der Waals surface area contributed by atoms with Crippen LogP contribution in [0.2, 0.25) is 0 Å². The highest BCUT2D eigenvalue weighted by Gasteiger charge is 2.64. The second-order valence-corrected chi connectivity index (χ2v) is 28.2. The number of carbonyl (C=O) groups is 3. The number of aliphatic hydroxyl groups is 5. The van der Waals surface area contributed by atoms with Gasteiger partial charge in [-0.15, -0.1) is 0 Å². The van der Waals surface area contributed by atoms with Gasteiger partial charge in [-0.2, -0.15) is 0 Å². The predicted octanol–water partition coefficient (Wildman–Crippen LogP) is 7.63. The highest BCUT2D eigenvalue weighted by molar-refractivity contribution is 6.26. The van der Waals surface area contributed by atoms with E-state index in [1.807, 2.05) is 60.6 Å². The van der Waals surface area contributed by atoms with Crippen LogP contribution in [-0.2, 0) is 66.5 Å². The fourth-order valence-corrected chi connectivity index (χ4v) is 17.0. The summed E-state index contributed by atoms with van der Waals surface area (Å²) in [6.45, 7) is 26.7. The van der Waals surface area contributed by atoms with Gasteiger partial charge < -0.3 is 83.0 Å². The van der Waals surface area contributed by atoms with E-state index >= 15 is 4.79 Å². The topological polar surface area (TPSA) is 266 Å².